The third-order valence-electron chi connectivity index (χ3n) is 5.63. The second-order valence-electron chi connectivity index (χ2n) is 7.60. The van der Waals surface area contributed by atoms with Gasteiger partial charge >= 0.3 is 0 Å². The van der Waals surface area contributed by atoms with Gasteiger partial charge in [0.05, 0.1) is 17.4 Å². The van der Waals surface area contributed by atoms with Crippen LogP contribution in [0.2, 0.25) is 0 Å². The number of ketones is 1. The van der Waals surface area contributed by atoms with Gasteiger partial charge in [-0.25, -0.2) is 17.5 Å². The normalized spacial score (nSPS) is 16.5. The molecular formula is C22H27FN2O3S. The van der Waals surface area contributed by atoms with Crippen LogP contribution in [0.1, 0.15) is 35.7 Å². The Bertz CT molecular complexity index is 971. The van der Waals surface area contributed by atoms with E-state index in [0.717, 1.165) is 37.1 Å². The average molecular weight is 419 g/mol. The van der Waals surface area contributed by atoms with Crippen LogP contribution in [0.5, 0.6) is 0 Å². The molecule has 0 aliphatic carbocycles. The number of hydrogen-bond donors (Lipinski definition) is 2. The monoisotopic (exact) mass is 418 g/mol. The first-order valence-corrected chi connectivity index (χ1v) is 11.4. The highest BCUT2D eigenvalue weighted by Gasteiger charge is 2.31. The molecule has 1 saturated heterocycles. The summed E-state index contributed by atoms with van der Waals surface area (Å²) in [5.41, 5.74) is 1.84. The summed E-state index contributed by atoms with van der Waals surface area (Å²) in [4.78, 5) is 12.7. The number of Topliss-reactive ketones (excluding diaryl/α,β-unsaturated/α-hetero) is 1. The van der Waals surface area contributed by atoms with Gasteiger partial charge in [0.15, 0.2) is 5.78 Å². The second kappa shape index (κ2) is 9.15. The maximum Gasteiger partial charge on any atom is 0.214 e. The molecule has 2 N–H and O–H groups in total. The Labute approximate surface area is 171 Å². The summed E-state index contributed by atoms with van der Waals surface area (Å²) in [7, 11) is -3.67. The summed E-state index contributed by atoms with van der Waals surface area (Å²) in [5, 5.41) is 2.61. The molecule has 0 spiro atoms. The van der Waals surface area contributed by atoms with Crippen molar-refractivity contribution in [3.05, 3.63) is 59.4 Å². The standard InChI is InChI=1S/C22H27FN2O3S/c1-15-12-19(18-6-4-3-5-7-18)13-20(22(15)23)21(26)14-25-29(27,28)16(2)17-8-10-24-11-9-17/h3-7,12-13,16-17,24-25H,8-11,14H2,1-2H3. The van der Waals surface area contributed by atoms with E-state index >= 15 is 0 Å². The van der Waals surface area contributed by atoms with Crippen molar-refractivity contribution in [2.75, 3.05) is 19.6 Å². The van der Waals surface area contributed by atoms with E-state index < -0.39 is 33.4 Å². The van der Waals surface area contributed by atoms with Crippen molar-refractivity contribution in [1.82, 2.24) is 10.0 Å². The summed E-state index contributed by atoms with van der Waals surface area (Å²) < 4.78 is 42.3. The van der Waals surface area contributed by atoms with Crippen LogP contribution in [-0.2, 0) is 10.0 Å². The van der Waals surface area contributed by atoms with E-state index in [4.69, 9.17) is 0 Å². The molecule has 1 unspecified atom stereocenters. The molecule has 5 nitrogen and oxygen atoms in total. The van der Waals surface area contributed by atoms with Crippen molar-refractivity contribution in [1.29, 1.82) is 0 Å². The molecule has 1 fully saturated rings. The van der Waals surface area contributed by atoms with Crippen molar-refractivity contribution in [2.45, 2.75) is 31.9 Å². The Morgan fingerprint density at radius 1 is 1.17 bits per heavy atom. The Hall–Kier alpha value is -2.09. The summed E-state index contributed by atoms with van der Waals surface area (Å²) >= 11 is 0. The van der Waals surface area contributed by atoms with Crippen molar-refractivity contribution < 1.29 is 17.6 Å². The van der Waals surface area contributed by atoms with Gasteiger partial charge in [-0.15, -0.1) is 0 Å². The van der Waals surface area contributed by atoms with Gasteiger partial charge in [0.2, 0.25) is 10.0 Å². The molecule has 1 heterocycles. The van der Waals surface area contributed by atoms with E-state index in [1.165, 1.54) is 6.07 Å². The van der Waals surface area contributed by atoms with Gasteiger partial charge in [-0.1, -0.05) is 30.3 Å². The minimum absolute atomic E-state index is 0.0456. The first-order chi connectivity index (χ1) is 13.8. The quantitative estimate of drug-likeness (QED) is 0.677. The minimum Gasteiger partial charge on any atom is -0.317 e. The van der Waals surface area contributed by atoms with Gasteiger partial charge < -0.3 is 5.32 Å². The molecule has 1 aliphatic heterocycles. The Morgan fingerprint density at radius 3 is 2.48 bits per heavy atom. The number of piperidine rings is 1. The molecule has 2 aromatic carbocycles. The maximum absolute atomic E-state index is 14.6. The number of sulfonamides is 1. The van der Waals surface area contributed by atoms with Gasteiger partial charge in [0.25, 0.3) is 0 Å². The van der Waals surface area contributed by atoms with Gasteiger partial charge in [0, 0.05) is 0 Å². The van der Waals surface area contributed by atoms with Crippen molar-refractivity contribution in [3.8, 4) is 11.1 Å². The number of rotatable bonds is 7. The van der Waals surface area contributed by atoms with Crippen LogP contribution in [0.25, 0.3) is 11.1 Å². The Balaban J connectivity index is 1.76. The zero-order chi connectivity index (χ0) is 21.0. The maximum atomic E-state index is 14.6. The summed E-state index contributed by atoms with van der Waals surface area (Å²) in [6.07, 6.45) is 1.56. The molecule has 7 heteroatoms. The van der Waals surface area contributed by atoms with Crippen LogP contribution in [-0.4, -0.2) is 39.1 Å². The van der Waals surface area contributed by atoms with Crippen LogP contribution in [0, 0.1) is 18.7 Å². The van der Waals surface area contributed by atoms with Gasteiger partial charge in [-0.05, 0) is 74.5 Å². The van der Waals surface area contributed by atoms with Crippen LogP contribution < -0.4 is 10.0 Å². The zero-order valence-corrected chi connectivity index (χ0v) is 17.6. The number of hydrogen-bond acceptors (Lipinski definition) is 4. The third kappa shape index (κ3) is 5.10. The molecule has 0 saturated carbocycles. The van der Waals surface area contributed by atoms with E-state index in [1.807, 2.05) is 30.3 Å². The minimum atomic E-state index is -3.67. The molecule has 0 radical (unpaired) electrons. The smallest absolute Gasteiger partial charge is 0.214 e. The number of carbonyl (C=O) groups is 1. The molecular weight excluding hydrogens is 391 g/mol. The Morgan fingerprint density at radius 2 is 1.83 bits per heavy atom. The highest BCUT2D eigenvalue weighted by atomic mass is 32.2. The Kier molecular flexibility index (Phi) is 6.82. The molecule has 2 aromatic rings. The fraction of sp³-hybridized carbons (Fsp3) is 0.409. The number of nitrogens with one attached hydrogen (secondary N) is 2. The topological polar surface area (TPSA) is 75.3 Å². The van der Waals surface area contributed by atoms with E-state index in [1.54, 1.807) is 19.9 Å². The van der Waals surface area contributed by atoms with Gasteiger partial charge in [0.1, 0.15) is 5.82 Å². The third-order valence-corrected chi connectivity index (χ3v) is 7.54. The number of aryl methyl sites for hydroxylation is 1. The molecule has 3 rings (SSSR count). The highest BCUT2D eigenvalue weighted by molar-refractivity contribution is 7.90. The summed E-state index contributed by atoms with van der Waals surface area (Å²) in [6.45, 7) is 4.40. The van der Waals surface area contributed by atoms with E-state index in [0.29, 0.717) is 5.56 Å². The lowest BCUT2D eigenvalue weighted by Gasteiger charge is -2.28. The predicted molar refractivity (Wildman–Crippen MR) is 113 cm³/mol. The molecule has 0 aromatic heterocycles. The van der Waals surface area contributed by atoms with Gasteiger partial charge in [-0.3, -0.25) is 4.79 Å². The van der Waals surface area contributed by atoms with Crippen molar-refractivity contribution >= 4 is 15.8 Å². The molecule has 1 atom stereocenters. The lowest BCUT2D eigenvalue weighted by Crippen LogP contribution is -2.43. The van der Waals surface area contributed by atoms with Crippen LogP contribution in [0.15, 0.2) is 42.5 Å². The highest BCUT2D eigenvalue weighted by Crippen LogP contribution is 2.25. The zero-order valence-electron chi connectivity index (χ0n) is 16.7. The van der Waals surface area contributed by atoms with E-state index in [2.05, 4.69) is 10.0 Å². The SMILES string of the molecule is Cc1cc(-c2ccccc2)cc(C(=O)CNS(=O)(=O)C(C)C2CCNCC2)c1F. The molecule has 0 amide bonds. The molecule has 1 aliphatic rings. The van der Waals surface area contributed by atoms with Crippen molar-refractivity contribution in [2.24, 2.45) is 5.92 Å². The number of carbonyl (C=O) groups excluding carboxylic acids is 1. The van der Waals surface area contributed by atoms with Crippen LogP contribution >= 0.6 is 0 Å². The molecule has 156 valence electrons. The fourth-order valence-electron chi connectivity index (χ4n) is 3.73. The fourth-order valence-corrected chi connectivity index (χ4v) is 5.10. The summed E-state index contributed by atoms with van der Waals surface area (Å²) in [6, 6.07) is 12.5. The molecule has 29 heavy (non-hydrogen) atoms. The van der Waals surface area contributed by atoms with Crippen LogP contribution in [0.3, 0.4) is 0 Å². The second-order valence-corrected chi connectivity index (χ2v) is 9.72. The number of halogens is 1. The number of benzene rings is 2. The lowest BCUT2D eigenvalue weighted by molar-refractivity contribution is 0.0993. The van der Waals surface area contributed by atoms with E-state index in [-0.39, 0.29) is 11.5 Å². The van der Waals surface area contributed by atoms with E-state index in [9.17, 15) is 17.6 Å². The molecule has 0 bridgehead atoms. The lowest BCUT2D eigenvalue weighted by atomic mass is 9.95. The largest absolute Gasteiger partial charge is 0.317 e. The predicted octanol–water partition coefficient (Wildman–Crippen LogP) is 3.29. The summed E-state index contributed by atoms with van der Waals surface area (Å²) in [5.74, 6) is -1.14. The first kappa shape index (κ1) is 21.6. The average Bonchev–Trinajstić information content (AvgIpc) is 2.74. The van der Waals surface area contributed by atoms with Gasteiger partial charge in [-0.2, -0.15) is 0 Å². The first-order valence-electron chi connectivity index (χ1n) is 9.87. The van der Waals surface area contributed by atoms with Crippen LogP contribution in [0.4, 0.5) is 4.39 Å². The van der Waals surface area contributed by atoms with Crippen molar-refractivity contribution in [3.63, 3.8) is 0 Å².